The second-order valence-electron chi connectivity index (χ2n) is 6.44. The number of benzene rings is 2. The molecule has 4 rings (SSSR count). The molecule has 0 aromatic heterocycles. The highest BCUT2D eigenvalue weighted by Gasteiger charge is 2.61. The van der Waals surface area contributed by atoms with Gasteiger partial charge in [-0.25, -0.2) is 0 Å². The number of hydrogen-bond acceptors (Lipinski definition) is 3. The molecular weight excluding hydrogens is 276 g/mol. The van der Waals surface area contributed by atoms with Gasteiger partial charge in [-0.05, 0) is 16.7 Å². The predicted octanol–water partition coefficient (Wildman–Crippen LogP) is 2.86. The van der Waals surface area contributed by atoms with Crippen molar-refractivity contribution in [3.8, 4) is 0 Å². The van der Waals surface area contributed by atoms with Crippen LogP contribution in [0.5, 0.6) is 0 Å². The standard InChI is InChI=1S/C18H18N2O2/c21-20(22)18-10-15-8-4-5-9-16(15)17(18)12-19(13-18)11-14-6-2-1-3-7-14/h1-9,17H,10-13H2. The minimum atomic E-state index is -0.835. The molecule has 0 N–H and O–H groups in total. The average molecular weight is 294 g/mol. The Bertz CT molecular complexity index is 716. The highest BCUT2D eigenvalue weighted by molar-refractivity contribution is 5.42. The van der Waals surface area contributed by atoms with E-state index < -0.39 is 5.54 Å². The van der Waals surface area contributed by atoms with Gasteiger partial charge in [0.1, 0.15) is 0 Å². The van der Waals surface area contributed by atoms with Gasteiger partial charge in [0.15, 0.2) is 0 Å². The van der Waals surface area contributed by atoms with Gasteiger partial charge in [0.25, 0.3) is 0 Å². The fraction of sp³-hybridized carbons (Fsp3) is 0.333. The SMILES string of the molecule is O=[N+]([O-])C12Cc3ccccc3C1CN(Cc1ccccc1)C2. The maximum absolute atomic E-state index is 11.9. The number of hydrogen-bond donors (Lipinski definition) is 0. The van der Waals surface area contributed by atoms with Crippen LogP contribution < -0.4 is 0 Å². The molecule has 2 aromatic rings. The smallest absolute Gasteiger partial charge is 0.246 e. The molecular formula is C18H18N2O2. The molecule has 1 fully saturated rings. The summed E-state index contributed by atoms with van der Waals surface area (Å²) in [5, 5.41) is 11.9. The van der Waals surface area contributed by atoms with Gasteiger partial charge in [-0.15, -0.1) is 0 Å². The zero-order valence-electron chi connectivity index (χ0n) is 12.3. The molecule has 4 heteroatoms. The van der Waals surface area contributed by atoms with Gasteiger partial charge in [0.2, 0.25) is 5.54 Å². The Morgan fingerprint density at radius 1 is 1.14 bits per heavy atom. The van der Waals surface area contributed by atoms with E-state index in [2.05, 4.69) is 23.1 Å². The number of fused-ring (bicyclic) bond motifs is 3. The van der Waals surface area contributed by atoms with Crippen LogP contribution in [0.1, 0.15) is 22.6 Å². The molecule has 22 heavy (non-hydrogen) atoms. The van der Waals surface area contributed by atoms with Gasteiger partial charge >= 0.3 is 0 Å². The molecule has 2 atom stereocenters. The first-order valence-electron chi connectivity index (χ1n) is 7.68. The zero-order valence-corrected chi connectivity index (χ0v) is 12.3. The van der Waals surface area contributed by atoms with Crippen molar-refractivity contribution in [2.45, 2.75) is 24.4 Å². The van der Waals surface area contributed by atoms with E-state index in [1.54, 1.807) is 0 Å². The molecule has 1 aliphatic heterocycles. The van der Waals surface area contributed by atoms with Gasteiger partial charge in [-0.3, -0.25) is 15.0 Å². The summed E-state index contributed by atoms with van der Waals surface area (Å²) in [5.41, 5.74) is 2.71. The minimum absolute atomic E-state index is 0.0161. The maximum atomic E-state index is 11.9. The van der Waals surface area contributed by atoms with Crippen LogP contribution in [-0.4, -0.2) is 28.5 Å². The molecule has 0 saturated carbocycles. The van der Waals surface area contributed by atoms with Crippen LogP contribution in [0, 0.1) is 10.1 Å². The van der Waals surface area contributed by atoms with Gasteiger partial charge in [0, 0.05) is 24.4 Å². The highest BCUT2D eigenvalue weighted by Crippen LogP contribution is 2.48. The lowest BCUT2D eigenvalue weighted by Crippen LogP contribution is -2.43. The Hall–Kier alpha value is -2.20. The van der Waals surface area contributed by atoms with Crippen LogP contribution in [0.3, 0.4) is 0 Å². The molecule has 2 aliphatic rings. The number of nitrogens with zero attached hydrogens (tertiary/aromatic N) is 2. The van der Waals surface area contributed by atoms with E-state index in [0.29, 0.717) is 13.0 Å². The first-order chi connectivity index (χ1) is 10.7. The van der Waals surface area contributed by atoms with Gasteiger partial charge in [-0.2, -0.15) is 0 Å². The van der Waals surface area contributed by atoms with Crippen LogP contribution in [0.15, 0.2) is 54.6 Å². The van der Waals surface area contributed by atoms with E-state index in [9.17, 15) is 10.1 Å². The van der Waals surface area contributed by atoms with Crippen LogP contribution in [-0.2, 0) is 13.0 Å². The molecule has 0 bridgehead atoms. The third-order valence-corrected chi connectivity index (χ3v) is 5.13. The van der Waals surface area contributed by atoms with Crippen molar-refractivity contribution in [3.63, 3.8) is 0 Å². The van der Waals surface area contributed by atoms with Crippen molar-refractivity contribution >= 4 is 0 Å². The summed E-state index contributed by atoms with van der Waals surface area (Å²) < 4.78 is 0. The summed E-state index contributed by atoms with van der Waals surface area (Å²) in [4.78, 5) is 14.1. The minimum Gasteiger partial charge on any atom is -0.291 e. The quantitative estimate of drug-likeness (QED) is 0.646. The van der Waals surface area contributed by atoms with Crippen molar-refractivity contribution in [3.05, 3.63) is 81.4 Å². The van der Waals surface area contributed by atoms with Crippen molar-refractivity contribution in [1.29, 1.82) is 0 Å². The van der Waals surface area contributed by atoms with Gasteiger partial charge in [0.05, 0.1) is 12.5 Å². The van der Waals surface area contributed by atoms with E-state index in [0.717, 1.165) is 18.7 Å². The lowest BCUT2D eigenvalue weighted by Gasteiger charge is -2.20. The molecule has 0 spiro atoms. The van der Waals surface area contributed by atoms with Crippen LogP contribution in [0.4, 0.5) is 0 Å². The molecule has 112 valence electrons. The highest BCUT2D eigenvalue weighted by atomic mass is 16.6. The van der Waals surface area contributed by atoms with Crippen LogP contribution in [0.2, 0.25) is 0 Å². The molecule has 1 heterocycles. The Morgan fingerprint density at radius 2 is 1.86 bits per heavy atom. The van der Waals surface area contributed by atoms with E-state index in [1.807, 2.05) is 36.4 Å². The predicted molar refractivity (Wildman–Crippen MR) is 84.3 cm³/mol. The largest absolute Gasteiger partial charge is 0.291 e. The van der Waals surface area contributed by atoms with Gasteiger partial charge < -0.3 is 0 Å². The van der Waals surface area contributed by atoms with Crippen molar-refractivity contribution in [2.75, 3.05) is 13.1 Å². The lowest BCUT2D eigenvalue weighted by atomic mass is 9.89. The fourth-order valence-electron chi connectivity index (χ4n) is 4.13. The second-order valence-corrected chi connectivity index (χ2v) is 6.44. The lowest BCUT2D eigenvalue weighted by molar-refractivity contribution is -0.566. The summed E-state index contributed by atoms with van der Waals surface area (Å²) in [6.45, 7) is 2.09. The summed E-state index contributed by atoms with van der Waals surface area (Å²) in [6.07, 6.45) is 0.562. The fourth-order valence-corrected chi connectivity index (χ4v) is 4.13. The average Bonchev–Trinajstić information content (AvgIpc) is 3.02. The molecule has 2 unspecified atom stereocenters. The van der Waals surface area contributed by atoms with E-state index >= 15 is 0 Å². The third kappa shape index (κ3) is 1.95. The third-order valence-electron chi connectivity index (χ3n) is 5.13. The first kappa shape index (κ1) is 13.5. The summed E-state index contributed by atoms with van der Waals surface area (Å²) >= 11 is 0. The van der Waals surface area contributed by atoms with Crippen molar-refractivity contribution < 1.29 is 4.92 Å². The van der Waals surface area contributed by atoms with Crippen molar-refractivity contribution in [1.82, 2.24) is 4.90 Å². The Kier molecular flexibility index (Phi) is 3.01. The van der Waals surface area contributed by atoms with Crippen LogP contribution in [0.25, 0.3) is 0 Å². The Morgan fingerprint density at radius 3 is 2.64 bits per heavy atom. The summed E-state index contributed by atoms with van der Waals surface area (Å²) in [6, 6.07) is 18.3. The Balaban J connectivity index is 1.64. The zero-order chi connectivity index (χ0) is 15.2. The first-order valence-corrected chi connectivity index (χ1v) is 7.68. The normalized spacial score (nSPS) is 26.6. The van der Waals surface area contributed by atoms with E-state index in [-0.39, 0.29) is 10.8 Å². The van der Waals surface area contributed by atoms with E-state index in [1.165, 1.54) is 11.1 Å². The molecule has 1 saturated heterocycles. The summed E-state index contributed by atoms with van der Waals surface area (Å²) in [5.74, 6) is 0.0161. The molecule has 0 amide bonds. The Labute approximate surface area is 129 Å². The topological polar surface area (TPSA) is 46.4 Å². The number of rotatable bonds is 3. The monoisotopic (exact) mass is 294 g/mol. The molecule has 1 aliphatic carbocycles. The van der Waals surface area contributed by atoms with Gasteiger partial charge in [-0.1, -0.05) is 54.6 Å². The van der Waals surface area contributed by atoms with Crippen molar-refractivity contribution in [2.24, 2.45) is 0 Å². The number of nitro groups is 1. The summed E-state index contributed by atoms with van der Waals surface area (Å²) in [7, 11) is 0. The maximum Gasteiger partial charge on any atom is 0.246 e. The second kappa shape index (κ2) is 4.92. The molecule has 2 aromatic carbocycles. The molecule has 4 nitrogen and oxygen atoms in total. The van der Waals surface area contributed by atoms with E-state index in [4.69, 9.17) is 0 Å². The molecule has 0 radical (unpaired) electrons. The van der Waals surface area contributed by atoms with Crippen LogP contribution >= 0.6 is 0 Å². The number of likely N-dealkylation sites (tertiary alicyclic amines) is 1.